The van der Waals surface area contributed by atoms with Crippen LogP contribution in [0.2, 0.25) is 0 Å². The van der Waals surface area contributed by atoms with Gasteiger partial charge in [-0.2, -0.15) is 0 Å². The fourth-order valence-electron chi connectivity index (χ4n) is 2.66. The van der Waals surface area contributed by atoms with Crippen LogP contribution in [0.25, 0.3) is 0 Å². The number of carbonyl (C=O) groups is 2. The topological polar surface area (TPSA) is 75.4 Å². The molecule has 5 nitrogen and oxygen atoms in total. The Morgan fingerprint density at radius 2 is 1.96 bits per heavy atom. The maximum absolute atomic E-state index is 12.5. The Hall–Kier alpha value is -1.88. The third-order valence-electron chi connectivity index (χ3n) is 4.11. The van der Waals surface area contributed by atoms with E-state index in [1.54, 1.807) is 4.90 Å². The van der Waals surface area contributed by atoms with Crippen molar-refractivity contribution in [1.29, 1.82) is 0 Å². The first kappa shape index (κ1) is 17.5. The van der Waals surface area contributed by atoms with Crippen LogP contribution in [0.15, 0.2) is 24.3 Å². The Morgan fingerprint density at radius 1 is 1.35 bits per heavy atom. The monoisotopic (exact) mass is 317 g/mol. The Labute approximate surface area is 138 Å². The van der Waals surface area contributed by atoms with Crippen LogP contribution in [-0.4, -0.2) is 30.4 Å². The SMILES string of the molecule is CC(C)c1ccc(N2CCC(C(=O)NCC(C)(C)N)C2=O)cc1. The molecule has 0 saturated carbocycles. The predicted molar refractivity (Wildman–Crippen MR) is 92.3 cm³/mol. The molecule has 23 heavy (non-hydrogen) atoms. The van der Waals surface area contributed by atoms with Crippen molar-refractivity contribution >= 4 is 17.5 Å². The van der Waals surface area contributed by atoms with Crippen molar-refractivity contribution < 1.29 is 9.59 Å². The highest BCUT2D eigenvalue weighted by Crippen LogP contribution is 2.27. The number of hydrogen-bond donors (Lipinski definition) is 2. The summed E-state index contributed by atoms with van der Waals surface area (Å²) in [6.07, 6.45) is 0.543. The fourth-order valence-corrected chi connectivity index (χ4v) is 2.66. The van der Waals surface area contributed by atoms with E-state index in [1.807, 2.05) is 38.1 Å². The van der Waals surface area contributed by atoms with Crippen LogP contribution in [-0.2, 0) is 9.59 Å². The van der Waals surface area contributed by atoms with Gasteiger partial charge in [0.05, 0.1) is 0 Å². The summed E-state index contributed by atoms with van der Waals surface area (Å²) >= 11 is 0. The molecule has 0 radical (unpaired) electrons. The fraction of sp³-hybridized carbons (Fsp3) is 0.556. The third-order valence-corrected chi connectivity index (χ3v) is 4.11. The number of amides is 2. The molecule has 1 aliphatic rings. The molecule has 1 saturated heterocycles. The number of anilines is 1. The van der Waals surface area contributed by atoms with Gasteiger partial charge in [-0.1, -0.05) is 26.0 Å². The van der Waals surface area contributed by atoms with E-state index in [-0.39, 0.29) is 11.8 Å². The highest BCUT2D eigenvalue weighted by molar-refractivity contribution is 6.09. The van der Waals surface area contributed by atoms with Crippen LogP contribution >= 0.6 is 0 Å². The van der Waals surface area contributed by atoms with Crippen molar-refractivity contribution in [3.8, 4) is 0 Å². The van der Waals surface area contributed by atoms with Crippen LogP contribution in [0, 0.1) is 5.92 Å². The summed E-state index contributed by atoms with van der Waals surface area (Å²) in [6, 6.07) is 7.99. The number of rotatable bonds is 5. The standard InChI is InChI=1S/C18H27N3O2/c1-12(2)13-5-7-14(8-6-13)21-10-9-15(17(21)23)16(22)20-11-18(3,4)19/h5-8,12,15H,9-11,19H2,1-4H3,(H,20,22). The summed E-state index contributed by atoms with van der Waals surface area (Å²) in [5.74, 6) is -0.511. The molecule has 5 heteroatoms. The first-order chi connectivity index (χ1) is 10.7. The first-order valence-electron chi connectivity index (χ1n) is 8.17. The highest BCUT2D eigenvalue weighted by atomic mass is 16.2. The van der Waals surface area contributed by atoms with E-state index in [0.29, 0.717) is 25.4 Å². The van der Waals surface area contributed by atoms with Crippen LogP contribution in [0.3, 0.4) is 0 Å². The summed E-state index contributed by atoms with van der Waals surface area (Å²) in [5, 5.41) is 2.78. The lowest BCUT2D eigenvalue weighted by atomic mass is 10.0. The lowest BCUT2D eigenvalue weighted by Crippen LogP contribution is -2.47. The molecule has 1 aliphatic heterocycles. The Kier molecular flexibility index (Phi) is 5.09. The number of carbonyl (C=O) groups excluding carboxylic acids is 2. The summed E-state index contributed by atoms with van der Waals surface area (Å²) in [5.41, 5.74) is 7.47. The minimum absolute atomic E-state index is 0.130. The average molecular weight is 317 g/mol. The molecule has 1 aromatic carbocycles. The second-order valence-electron chi connectivity index (χ2n) is 7.28. The number of nitrogens with two attached hydrogens (primary N) is 1. The van der Waals surface area contributed by atoms with Gasteiger partial charge >= 0.3 is 0 Å². The van der Waals surface area contributed by atoms with E-state index in [0.717, 1.165) is 5.69 Å². The quantitative estimate of drug-likeness (QED) is 0.816. The Morgan fingerprint density at radius 3 is 2.48 bits per heavy atom. The zero-order chi connectivity index (χ0) is 17.2. The molecule has 1 heterocycles. The Bertz CT molecular complexity index is 573. The van der Waals surface area contributed by atoms with Gasteiger partial charge in [-0.05, 0) is 43.9 Å². The van der Waals surface area contributed by atoms with Crippen molar-refractivity contribution in [2.45, 2.75) is 45.6 Å². The smallest absolute Gasteiger partial charge is 0.239 e. The maximum Gasteiger partial charge on any atom is 0.239 e. The molecule has 0 aliphatic carbocycles. The van der Waals surface area contributed by atoms with E-state index in [4.69, 9.17) is 5.73 Å². The molecule has 126 valence electrons. The van der Waals surface area contributed by atoms with Gasteiger partial charge in [-0.25, -0.2) is 0 Å². The Balaban J connectivity index is 2.02. The zero-order valence-electron chi connectivity index (χ0n) is 14.4. The second kappa shape index (κ2) is 6.71. The molecule has 1 atom stereocenters. The van der Waals surface area contributed by atoms with Crippen LogP contribution < -0.4 is 16.0 Å². The molecular formula is C18H27N3O2. The molecular weight excluding hydrogens is 290 g/mol. The summed E-state index contributed by atoms with van der Waals surface area (Å²) in [7, 11) is 0. The van der Waals surface area contributed by atoms with E-state index in [9.17, 15) is 9.59 Å². The molecule has 1 unspecified atom stereocenters. The van der Waals surface area contributed by atoms with E-state index in [2.05, 4.69) is 19.2 Å². The normalized spacial score (nSPS) is 18.6. The van der Waals surface area contributed by atoms with Gasteiger partial charge in [-0.3, -0.25) is 9.59 Å². The number of nitrogens with one attached hydrogen (secondary N) is 1. The summed E-state index contributed by atoms with van der Waals surface area (Å²) in [6.45, 7) is 8.88. The minimum atomic E-state index is -0.609. The summed E-state index contributed by atoms with van der Waals surface area (Å²) in [4.78, 5) is 26.4. The van der Waals surface area contributed by atoms with E-state index < -0.39 is 11.5 Å². The number of hydrogen-bond acceptors (Lipinski definition) is 3. The maximum atomic E-state index is 12.5. The second-order valence-corrected chi connectivity index (χ2v) is 7.28. The van der Waals surface area contributed by atoms with Gasteiger partial charge in [0.15, 0.2) is 0 Å². The van der Waals surface area contributed by atoms with Gasteiger partial charge < -0.3 is 16.0 Å². The molecule has 1 aromatic rings. The van der Waals surface area contributed by atoms with Gasteiger partial charge in [0, 0.05) is 24.3 Å². The predicted octanol–water partition coefficient (Wildman–Crippen LogP) is 2.02. The lowest BCUT2D eigenvalue weighted by molar-refractivity contribution is -0.132. The third kappa shape index (κ3) is 4.32. The molecule has 2 rings (SSSR count). The van der Waals surface area contributed by atoms with Gasteiger partial charge in [0.2, 0.25) is 11.8 Å². The van der Waals surface area contributed by atoms with Crippen molar-refractivity contribution in [3.63, 3.8) is 0 Å². The highest BCUT2D eigenvalue weighted by Gasteiger charge is 2.37. The minimum Gasteiger partial charge on any atom is -0.354 e. The average Bonchev–Trinajstić information content (AvgIpc) is 2.86. The lowest BCUT2D eigenvalue weighted by Gasteiger charge is -2.21. The van der Waals surface area contributed by atoms with Crippen molar-refractivity contribution in [3.05, 3.63) is 29.8 Å². The van der Waals surface area contributed by atoms with Gasteiger partial charge in [0.1, 0.15) is 5.92 Å². The first-order valence-corrected chi connectivity index (χ1v) is 8.17. The van der Waals surface area contributed by atoms with Crippen LogP contribution in [0.1, 0.15) is 45.6 Å². The van der Waals surface area contributed by atoms with Crippen LogP contribution in [0.4, 0.5) is 5.69 Å². The van der Waals surface area contributed by atoms with Crippen molar-refractivity contribution in [2.75, 3.05) is 18.0 Å². The molecule has 2 amide bonds. The van der Waals surface area contributed by atoms with Gasteiger partial charge in [-0.15, -0.1) is 0 Å². The molecule has 0 aromatic heterocycles. The zero-order valence-corrected chi connectivity index (χ0v) is 14.4. The van der Waals surface area contributed by atoms with Gasteiger partial charge in [0.25, 0.3) is 0 Å². The molecule has 0 spiro atoms. The van der Waals surface area contributed by atoms with Crippen LogP contribution in [0.5, 0.6) is 0 Å². The molecule has 1 fully saturated rings. The summed E-state index contributed by atoms with van der Waals surface area (Å²) < 4.78 is 0. The molecule has 3 N–H and O–H groups in total. The largest absolute Gasteiger partial charge is 0.354 e. The number of benzene rings is 1. The van der Waals surface area contributed by atoms with E-state index >= 15 is 0 Å². The molecule has 0 bridgehead atoms. The van der Waals surface area contributed by atoms with E-state index in [1.165, 1.54) is 5.56 Å². The van der Waals surface area contributed by atoms with Crippen molar-refractivity contribution in [1.82, 2.24) is 5.32 Å². The van der Waals surface area contributed by atoms with Crippen molar-refractivity contribution in [2.24, 2.45) is 11.7 Å². The number of nitrogens with zero attached hydrogens (tertiary/aromatic N) is 1.